The van der Waals surface area contributed by atoms with Crippen LogP contribution in [0, 0.1) is 5.92 Å². The van der Waals surface area contributed by atoms with Crippen molar-refractivity contribution in [2.45, 2.75) is 37.4 Å². The van der Waals surface area contributed by atoms with Gasteiger partial charge in [-0.05, 0) is 0 Å². The van der Waals surface area contributed by atoms with Crippen molar-refractivity contribution >= 4 is 8.80 Å². The maximum atomic E-state index is 2.27. The topological polar surface area (TPSA) is 0 Å². The zero-order chi connectivity index (χ0) is 7.86. The summed E-state index contributed by atoms with van der Waals surface area (Å²) < 4.78 is 1.50. The van der Waals surface area contributed by atoms with E-state index in [-0.39, 0.29) is 8.80 Å². The summed E-state index contributed by atoms with van der Waals surface area (Å²) in [6.07, 6.45) is 0. The van der Waals surface area contributed by atoms with Crippen molar-refractivity contribution in [3.8, 4) is 0 Å². The van der Waals surface area contributed by atoms with Gasteiger partial charge >= 0.3 is 49.8 Å². The molecular weight excluding hydrogens is 313 g/mol. The molecule has 0 aliphatic carbocycles. The van der Waals surface area contributed by atoms with Crippen LogP contribution in [0.25, 0.3) is 0 Å². The van der Waals surface area contributed by atoms with Crippen LogP contribution in [0.2, 0.25) is 23.6 Å². The van der Waals surface area contributed by atoms with Gasteiger partial charge in [-0.15, -0.1) is 0 Å². The van der Waals surface area contributed by atoms with Gasteiger partial charge in [-0.25, -0.2) is 0 Å². The quantitative estimate of drug-likeness (QED) is 0.648. The molecular formula is C7H18HgSi. The predicted molar refractivity (Wildman–Crippen MR) is 43.0 cm³/mol. The number of hydrogen-bond acceptors (Lipinski definition) is 0. The van der Waals surface area contributed by atoms with Crippen molar-refractivity contribution in [2.75, 3.05) is 0 Å². The zero-order valence-corrected chi connectivity index (χ0v) is 14.0. The summed E-state index contributed by atoms with van der Waals surface area (Å²) in [5.41, 5.74) is 0. The number of rotatable bonds is 1. The predicted octanol–water partition coefficient (Wildman–Crippen LogP) is 2.98. The Morgan fingerprint density at radius 3 is 1.33 bits per heavy atom. The van der Waals surface area contributed by atoms with Crippen LogP contribution < -0.4 is 0 Å². The maximum Gasteiger partial charge on any atom is 0.0379 e. The second kappa shape index (κ2) is 9.15. The van der Waals surface area contributed by atoms with Crippen molar-refractivity contribution in [2.24, 2.45) is 5.92 Å². The fourth-order valence-corrected chi connectivity index (χ4v) is 0. The minimum absolute atomic E-state index is 0.120. The van der Waals surface area contributed by atoms with Crippen molar-refractivity contribution in [1.29, 1.82) is 0 Å². The monoisotopic (exact) mass is 332 g/mol. The third-order valence-corrected chi connectivity index (χ3v) is 5.07. The molecule has 0 saturated carbocycles. The molecule has 0 fully saturated rings. The molecule has 52 valence electrons. The summed E-state index contributed by atoms with van der Waals surface area (Å²) in [6.45, 7) is 11.3. The normalized spacial score (nSPS) is 9.44. The smallest absolute Gasteiger partial charge is 0.0379 e. The third-order valence-electron chi connectivity index (χ3n) is 0.577. The minimum atomic E-state index is 0.120. The Bertz CT molecular complexity index is 41.4. The van der Waals surface area contributed by atoms with Crippen LogP contribution in [0.3, 0.4) is 0 Å². The molecule has 0 aliphatic heterocycles. The standard InChI is InChI=1S/C4H9.C3H9Si.Hg/c2*1-4(2)3;/h4H,1H2,2-3H3;1-3H3;. The summed E-state index contributed by atoms with van der Waals surface area (Å²) in [5.74, 6) is 0.971. The van der Waals surface area contributed by atoms with E-state index in [2.05, 4.69) is 33.5 Å². The van der Waals surface area contributed by atoms with E-state index in [1.165, 1.54) is 3.93 Å². The molecule has 0 nitrogen and oxygen atoms in total. The molecule has 0 aliphatic rings. The Morgan fingerprint density at radius 2 is 1.33 bits per heavy atom. The van der Waals surface area contributed by atoms with Crippen LogP contribution in [-0.2, 0) is 26.1 Å². The van der Waals surface area contributed by atoms with Gasteiger partial charge in [0, 0.05) is 8.80 Å². The Kier molecular flexibility index (Phi) is 13.0. The van der Waals surface area contributed by atoms with Crippen LogP contribution in [0.1, 0.15) is 13.8 Å². The van der Waals surface area contributed by atoms with E-state index in [1.54, 1.807) is 0 Å². The van der Waals surface area contributed by atoms with Gasteiger partial charge in [0.2, 0.25) is 0 Å². The average molecular weight is 331 g/mol. The molecule has 0 unspecified atom stereocenters. The van der Waals surface area contributed by atoms with Gasteiger partial charge < -0.3 is 0 Å². The average Bonchev–Trinajstić information content (AvgIpc) is 1.65. The van der Waals surface area contributed by atoms with Crippen molar-refractivity contribution in [3.63, 3.8) is 0 Å². The summed E-state index contributed by atoms with van der Waals surface area (Å²) in [5, 5.41) is 0. The van der Waals surface area contributed by atoms with Gasteiger partial charge in [0.05, 0.1) is 0 Å². The largest absolute Gasteiger partial charge is 0.0715 e. The molecule has 1 radical (unpaired) electrons. The minimum Gasteiger partial charge on any atom is -0.0715 e. The van der Waals surface area contributed by atoms with Gasteiger partial charge in [0.15, 0.2) is 0 Å². The molecule has 0 saturated heterocycles. The molecule has 0 rings (SSSR count). The van der Waals surface area contributed by atoms with Crippen molar-refractivity contribution < 1.29 is 26.1 Å². The molecule has 0 N–H and O–H groups in total. The third kappa shape index (κ3) is 47.1. The molecule has 9 heavy (non-hydrogen) atoms. The second-order valence-corrected chi connectivity index (χ2v) is 8.43. The van der Waals surface area contributed by atoms with E-state index < -0.39 is 0 Å². The van der Waals surface area contributed by atoms with Gasteiger partial charge in [-0.2, -0.15) is 0 Å². The number of hydrogen-bond donors (Lipinski definition) is 0. The molecule has 2 heteroatoms. The van der Waals surface area contributed by atoms with Crippen LogP contribution in [0.5, 0.6) is 0 Å². The second-order valence-electron chi connectivity index (χ2n) is 3.18. The zero-order valence-electron chi connectivity index (χ0n) is 7.49. The summed E-state index contributed by atoms with van der Waals surface area (Å²) >= 11 is 1.04. The fraction of sp³-hybridized carbons (Fsp3) is 1.00. The Morgan fingerprint density at radius 1 is 1.22 bits per heavy atom. The van der Waals surface area contributed by atoms with Gasteiger partial charge in [-0.1, -0.05) is 19.6 Å². The first kappa shape index (κ1) is 12.8. The van der Waals surface area contributed by atoms with E-state index in [1.807, 2.05) is 0 Å². The first-order valence-corrected chi connectivity index (χ1v) is 10.5. The van der Waals surface area contributed by atoms with E-state index >= 15 is 0 Å². The molecule has 0 aromatic carbocycles. The summed E-state index contributed by atoms with van der Waals surface area (Å²) in [4.78, 5) is 0. The van der Waals surface area contributed by atoms with Crippen molar-refractivity contribution in [1.82, 2.24) is 0 Å². The molecule has 0 spiro atoms. The van der Waals surface area contributed by atoms with Crippen LogP contribution in [-0.4, -0.2) is 8.80 Å². The van der Waals surface area contributed by atoms with E-state index in [4.69, 9.17) is 0 Å². The first-order valence-electron chi connectivity index (χ1n) is 3.56. The van der Waals surface area contributed by atoms with Crippen LogP contribution >= 0.6 is 0 Å². The molecule has 0 bridgehead atoms. The van der Waals surface area contributed by atoms with Gasteiger partial charge in [-0.3, -0.25) is 0 Å². The SMILES string of the molecule is CC(C)[CH2][Hg].C[Si](C)C. The van der Waals surface area contributed by atoms with E-state index in [0.29, 0.717) is 0 Å². The van der Waals surface area contributed by atoms with Crippen molar-refractivity contribution in [3.05, 3.63) is 0 Å². The molecule has 0 aromatic rings. The Hall–Kier alpha value is 1.15. The summed E-state index contributed by atoms with van der Waals surface area (Å²) in [6, 6.07) is 0. The molecule has 0 heterocycles. The van der Waals surface area contributed by atoms with E-state index in [0.717, 1.165) is 32.0 Å². The van der Waals surface area contributed by atoms with Gasteiger partial charge in [0.25, 0.3) is 0 Å². The van der Waals surface area contributed by atoms with Crippen LogP contribution in [0.15, 0.2) is 0 Å². The molecule has 0 amide bonds. The fourth-order valence-electron chi connectivity index (χ4n) is 0. The molecule has 0 aromatic heterocycles. The maximum absolute atomic E-state index is 2.27. The van der Waals surface area contributed by atoms with Gasteiger partial charge in [0.1, 0.15) is 0 Å². The Labute approximate surface area is 78.0 Å². The van der Waals surface area contributed by atoms with E-state index in [9.17, 15) is 0 Å². The summed E-state index contributed by atoms with van der Waals surface area (Å²) in [7, 11) is 0.120. The molecule has 0 atom stereocenters. The Balaban J connectivity index is 0. The first-order chi connectivity index (χ1) is 4.00. The van der Waals surface area contributed by atoms with Crippen LogP contribution in [0.4, 0.5) is 0 Å².